The zero-order valence-corrected chi connectivity index (χ0v) is 31.8. The van der Waals surface area contributed by atoms with Crippen molar-refractivity contribution < 1.29 is 14.0 Å². The molecule has 3 nitrogen and oxygen atoms in total. The molecule has 0 aromatic heterocycles. The Morgan fingerprint density at radius 1 is 0.977 bits per heavy atom. The molecule has 1 aromatic rings. The van der Waals surface area contributed by atoms with E-state index in [1.807, 2.05) is 38.1 Å². The highest BCUT2D eigenvalue weighted by Gasteiger charge is 2.44. The third kappa shape index (κ3) is 11.0. The Morgan fingerprint density at radius 3 is 2.14 bits per heavy atom. The largest absolute Gasteiger partial charge is 0.413 e. The quantitative estimate of drug-likeness (QED) is 0.160. The molecule has 0 spiro atoms. The maximum absolute atomic E-state index is 10.5. The molecular formula is C38H62O3Si2. The number of hydrogen-bond acceptors (Lipinski definition) is 3. The molecule has 1 aliphatic rings. The van der Waals surface area contributed by atoms with Gasteiger partial charge >= 0.3 is 0 Å². The molecule has 0 heterocycles. The smallest absolute Gasteiger partial charge is 0.192 e. The SMILES string of the molecule is C=C1/C(=C\C=C\CCC[C@@H](C)C#Cc2ccccc2C(C)(C)O)C[C@@H](O[Si](C)(C)C(C)(C)C)C[C@@H]1O[Si](C)(C)C(C)(C)C. The van der Waals surface area contributed by atoms with E-state index in [2.05, 4.69) is 111 Å². The maximum atomic E-state index is 10.5. The summed E-state index contributed by atoms with van der Waals surface area (Å²) in [5, 5.41) is 10.8. The fraction of sp³-hybridized carbons (Fsp3) is 0.632. The number of unbranched alkanes of at least 4 members (excludes halogenated alkanes) is 1. The summed E-state index contributed by atoms with van der Waals surface area (Å²) in [4.78, 5) is 0. The lowest BCUT2D eigenvalue weighted by Gasteiger charge is -2.45. The first kappa shape index (κ1) is 37.5. The molecule has 1 aliphatic carbocycles. The summed E-state index contributed by atoms with van der Waals surface area (Å²) >= 11 is 0. The molecule has 5 heteroatoms. The number of aliphatic hydroxyl groups is 1. The number of allylic oxidation sites excluding steroid dienone is 3. The second kappa shape index (κ2) is 14.6. The number of rotatable bonds is 10. The molecule has 43 heavy (non-hydrogen) atoms. The summed E-state index contributed by atoms with van der Waals surface area (Å²) in [7, 11) is -3.88. The lowest BCUT2D eigenvalue weighted by atomic mass is 9.86. The van der Waals surface area contributed by atoms with Gasteiger partial charge in [-0.3, -0.25) is 0 Å². The van der Waals surface area contributed by atoms with Crippen molar-refractivity contribution >= 4 is 16.6 Å². The maximum Gasteiger partial charge on any atom is 0.192 e. The number of benzene rings is 1. The van der Waals surface area contributed by atoms with Crippen LogP contribution in [0.5, 0.6) is 0 Å². The van der Waals surface area contributed by atoms with Crippen LogP contribution in [0, 0.1) is 17.8 Å². The predicted octanol–water partition coefficient (Wildman–Crippen LogP) is 10.7. The van der Waals surface area contributed by atoms with Gasteiger partial charge in [0.15, 0.2) is 16.6 Å². The van der Waals surface area contributed by atoms with Gasteiger partial charge in [-0.05, 0) is 98.6 Å². The van der Waals surface area contributed by atoms with Crippen molar-refractivity contribution in [2.75, 3.05) is 0 Å². The molecule has 0 aliphatic heterocycles. The Hall–Kier alpha value is -1.69. The van der Waals surface area contributed by atoms with Crippen molar-refractivity contribution in [1.29, 1.82) is 0 Å². The molecule has 240 valence electrons. The molecule has 1 saturated carbocycles. The third-order valence-corrected chi connectivity index (χ3v) is 18.7. The minimum Gasteiger partial charge on any atom is -0.413 e. The molecule has 1 aromatic carbocycles. The van der Waals surface area contributed by atoms with Gasteiger partial charge in [-0.25, -0.2) is 0 Å². The fourth-order valence-corrected chi connectivity index (χ4v) is 7.45. The van der Waals surface area contributed by atoms with Crippen LogP contribution in [-0.4, -0.2) is 33.9 Å². The van der Waals surface area contributed by atoms with E-state index < -0.39 is 22.2 Å². The van der Waals surface area contributed by atoms with Gasteiger partial charge < -0.3 is 14.0 Å². The Morgan fingerprint density at radius 2 is 1.56 bits per heavy atom. The van der Waals surface area contributed by atoms with Gasteiger partial charge in [0.05, 0.1) is 17.8 Å². The highest BCUT2D eigenvalue weighted by atomic mass is 28.4. The van der Waals surface area contributed by atoms with Crippen LogP contribution in [0.3, 0.4) is 0 Å². The number of hydrogen-bond donors (Lipinski definition) is 1. The summed E-state index contributed by atoms with van der Waals surface area (Å²) in [6.45, 7) is 33.5. The molecule has 0 unspecified atom stereocenters. The standard InChI is InChI=1S/C38H62O3Si2/c1-29(25-26-31-22-19-20-24-34(31)38(9,10)39)21-17-15-16-18-23-32-27-33(40-42(11,12)36(3,4)5)28-35(30(32)2)41-43(13,14)37(6,7)8/h16,18-20,22-24,29,33,35,39H,2,15,17,21,27-28H2,1,3-14H3/b18-16+,32-23-/t29-,33-,35+/m1/s1. The molecule has 0 amide bonds. The first-order valence-electron chi connectivity index (χ1n) is 16.3. The summed E-state index contributed by atoms with van der Waals surface area (Å²) in [5.41, 5.74) is 3.28. The lowest BCUT2D eigenvalue weighted by Crippen LogP contribution is -2.49. The Kier molecular flexibility index (Phi) is 12.7. The van der Waals surface area contributed by atoms with Gasteiger partial charge in [-0.15, -0.1) is 0 Å². The van der Waals surface area contributed by atoms with Gasteiger partial charge in [0, 0.05) is 17.9 Å². The molecule has 0 radical (unpaired) electrons. The molecule has 2 rings (SSSR count). The van der Waals surface area contributed by atoms with Crippen molar-refractivity contribution in [3.8, 4) is 11.8 Å². The van der Waals surface area contributed by atoms with E-state index in [4.69, 9.17) is 8.85 Å². The van der Waals surface area contributed by atoms with Crippen LogP contribution in [0.25, 0.3) is 0 Å². The van der Waals surface area contributed by atoms with Crippen LogP contribution >= 0.6 is 0 Å². The minimum atomic E-state index is -1.96. The first-order valence-corrected chi connectivity index (χ1v) is 22.1. The van der Waals surface area contributed by atoms with Crippen LogP contribution in [0.1, 0.15) is 106 Å². The molecule has 0 bridgehead atoms. The van der Waals surface area contributed by atoms with Gasteiger partial charge in [-0.1, -0.05) is 103 Å². The Balaban J connectivity index is 2.09. The van der Waals surface area contributed by atoms with E-state index in [1.165, 1.54) is 5.57 Å². The van der Waals surface area contributed by atoms with E-state index in [0.717, 1.165) is 48.8 Å². The van der Waals surface area contributed by atoms with E-state index in [-0.39, 0.29) is 22.3 Å². The monoisotopic (exact) mass is 622 g/mol. The van der Waals surface area contributed by atoms with Gasteiger partial charge in [-0.2, -0.15) is 0 Å². The van der Waals surface area contributed by atoms with Crippen molar-refractivity contribution in [3.63, 3.8) is 0 Å². The molecule has 0 saturated heterocycles. The Labute approximate surface area is 267 Å². The predicted molar refractivity (Wildman–Crippen MR) is 191 cm³/mol. The highest BCUT2D eigenvalue weighted by molar-refractivity contribution is 6.74. The van der Waals surface area contributed by atoms with Gasteiger partial charge in [0.2, 0.25) is 0 Å². The normalized spacial score (nSPS) is 20.8. The van der Waals surface area contributed by atoms with Crippen LogP contribution in [-0.2, 0) is 14.5 Å². The van der Waals surface area contributed by atoms with E-state index in [0.29, 0.717) is 5.92 Å². The van der Waals surface area contributed by atoms with Crippen molar-refractivity contribution in [3.05, 3.63) is 71.3 Å². The molecular weight excluding hydrogens is 561 g/mol. The summed E-state index contributed by atoms with van der Waals surface area (Å²) in [6.07, 6.45) is 11.8. The van der Waals surface area contributed by atoms with Crippen molar-refractivity contribution in [2.24, 2.45) is 5.92 Å². The second-order valence-corrected chi connectivity index (χ2v) is 25.7. The second-order valence-electron chi connectivity index (χ2n) is 16.2. The van der Waals surface area contributed by atoms with Gasteiger partial charge in [0.25, 0.3) is 0 Å². The van der Waals surface area contributed by atoms with Gasteiger partial charge in [0.1, 0.15) is 0 Å². The minimum absolute atomic E-state index is 0.00465. The summed E-state index contributed by atoms with van der Waals surface area (Å²) in [5.74, 6) is 7.00. The highest BCUT2D eigenvalue weighted by Crippen LogP contribution is 2.44. The fourth-order valence-electron chi connectivity index (χ4n) is 4.78. The summed E-state index contributed by atoms with van der Waals surface area (Å²) in [6, 6.07) is 7.88. The van der Waals surface area contributed by atoms with E-state index >= 15 is 0 Å². The zero-order chi connectivity index (χ0) is 32.9. The van der Waals surface area contributed by atoms with Crippen molar-refractivity contribution in [2.45, 2.75) is 148 Å². The lowest BCUT2D eigenvalue weighted by molar-refractivity contribution is 0.0783. The van der Waals surface area contributed by atoms with E-state index in [9.17, 15) is 5.11 Å². The van der Waals surface area contributed by atoms with Crippen LogP contribution in [0.2, 0.25) is 36.3 Å². The van der Waals surface area contributed by atoms with Crippen LogP contribution in [0.4, 0.5) is 0 Å². The third-order valence-electron chi connectivity index (χ3n) is 9.72. The zero-order valence-electron chi connectivity index (χ0n) is 29.8. The molecule has 1 fully saturated rings. The Bertz CT molecular complexity index is 1210. The van der Waals surface area contributed by atoms with Crippen LogP contribution < -0.4 is 0 Å². The molecule has 3 atom stereocenters. The van der Waals surface area contributed by atoms with E-state index in [1.54, 1.807) is 0 Å². The molecule has 1 N–H and O–H groups in total. The van der Waals surface area contributed by atoms with Crippen molar-refractivity contribution in [1.82, 2.24) is 0 Å². The average molecular weight is 623 g/mol. The average Bonchev–Trinajstić information content (AvgIpc) is 2.85. The first-order chi connectivity index (χ1) is 19.5. The van der Waals surface area contributed by atoms with Crippen LogP contribution in [0.15, 0.2) is 60.2 Å². The summed E-state index contributed by atoms with van der Waals surface area (Å²) < 4.78 is 13.9. The topological polar surface area (TPSA) is 38.7 Å².